The quantitative estimate of drug-likeness (QED) is 0.888. The maximum atomic E-state index is 14.1. The summed E-state index contributed by atoms with van der Waals surface area (Å²) in [7, 11) is 0. The van der Waals surface area contributed by atoms with Gasteiger partial charge in [-0.1, -0.05) is 0 Å². The molecular weight excluding hydrogens is 327 g/mol. The van der Waals surface area contributed by atoms with E-state index in [2.05, 4.69) is 26.2 Å². The summed E-state index contributed by atoms with van der Waals surface area (Å²) in [6, 6.07) is 6.31. The van der Waals surface area contributed by atoms with Crippen molar-refractivity contribution < 1.29 is 14.3 Å². The highest BCUT2D eigenvalue weighted by atomic mass is 79.9. The van der Waals surface area contributed by atoms with Gasteiger partial charge in [-0.15, -0.1) is 0 Å². The Morgan fingerprint density at radius 2 is 2.00 bits per heavy atom. The molecule has 1 atom stereocenters. The molecule has 6 heteroatoms. The van der Waals surface area contributed by atoms with Crippen molar-refractivity contribution in [3.63, 3.8) is 0 Å². The number of pyridine rings is 1. The Labute approximate surface area is 123 Å². The lowest BCUT2D eigenvalue weighted by molar-refractivity contribution is 0.0695. The van der Waals surface area contributed by atoms with Crippen LogP contribution in [0.3, 0.4) is 0 Å². The van der Waals surface area contributed by atoms with E-state index < -0.39 is 11.8 Å². The number of nitrogens with zero attached hydrogens (tertiary/aromatic N) is 1. The van der Waals surface area contributed by atoms with Gasteiger partial charge in [0.25, 0.3) is 0 Å². The normalized spacial score (nSPS) is 11.9. The molecule has 1 unspecified atom stereocenters. The van der Waals surface area contributed by atoms with E-state index in [1.807, 2.05) is 19.1 Å². The molecule has 0 aliphatic carbocycles. The van der Waals surface area contributed by atoms with Crippen molar-refractivity contribution in [2.24, 2.45) is 0 Å². The number of carbonyl (C=O) groups is 1. The molecule has 2 rings (SSSR count). The first-order valence-corrected chi connectivity index (χ1v) is 6.67. The summed E-state index contributed by atoms with van der Waals surface area (Å²) < 4.78 is 14.1. The smallest absolute Gasteiger partial charge is 0.336 e. The van der Waals surface area contributed by atoms with Crippen LogP contribution in [0.4, 0.5) is 10.1 Å². The average molecular weight is 339 g/mol. The Bertz CT molecular complexity index is 635. The zero-order chi connectivity index (χ0) is 14.7. The molecule has 104 valence electrons. The van der Waals surface area contributed by atoms with Gasteiger partial charge in [0.05, 0.1) is 15.7 Å². The second-order valence-electron chi connectivity index (χ2n) is 4.24. The van der Waals surface area contributed by atoms with Crippen molar-refractivity contribution in [1.82, 2.24) is 4.98 Å². The standard InChI is InChI=1S/C14H12BrFN2O2/c1-8(9-4-6-17-7-5-9)18-11-3-2-10(14(19)20)12(15)13(11)16/h2-8,18H,1H3,(H,19,20). The summed E-state index contributed by atoms with van der Waals surface area (Å²) in [5.74, 6) is -1.80. The molecular formula is C14H12BrFN2O2. The van der Waals surface area contributed by atoms with Crippen LogP contribution in [0.25, 0.3) is 0 Å². The predicted octanol–water partition coefficient (Wildman–Crippen LogP) is 3.85. The minimum absolute atomic E-state index is 0.0584. The van der Waals surface area contributed by atoms with Crippen molar-refractivity contribution in [2.45, 2.75) is 13.0 Å². The SMILES string of the molecule is CC(Nc1ccc(C(=O)O)c(Br)c1F)c1ccncc1. The molecule has 2 N–H and O–H groups in total. The van der Waals surface area contributed by atoms with E-state index in [0.717, 1.165) is 5.56 Å². The Morgan fingerprint density at radius 3 is 2.60 bits per heavy atom. The summed E-state index contributed by atoms with van der Waals surface area (Å²) in [5.41, 5.74) is 1.09. The van der Waals surface area contributed by atoms with Crippen LogP contribution in [-0.4, -0.2) is 16.1 Å². The van der Waals surface area contributed by atoms with Crippen LogP contribution in [0.15, 0.2) is 41.1 Å². The summed E-state index contributed by atoms with van der Waals surface area (Å²) >= 11 is 2.97. The van der Waals surface area contributed by atoms with E-state index in [4.69, 9.17) is 5.11 Å². The number of hydrogen-bond acceptors (Lipinski definition) is 3. The van der Waals surface area contributed by atoms with Crippen molar-refractivity contribution >= 4 is 27.6 Å². The van der Waals surface area contributed by atoms with E-state index in [1.54, 1.807) is 12.4 Å². The van der Waals surface area contributed by atoms with E-state index in [-0.39, 0.29) is 21.8 Å². The molecule has 1 heterocycles. The molecule has 0 saturated heterocycles. The van der Waals surface area contributed by atoms with Crippen LogP contribution in [-0.2, 0) is 0 Å². The monoisotopic (exact) mass is 338 g/mol. The number of nitrogens with one attached hydrogen (secondary N) is 1. The number of aromatic nitrogens is 1. The van der Waals surface area contributed by atoms with Gasteiger partial charge in [-0.3, -0.25) is 4.98 Å². The first-order chi connectivity index (χ1) is 9.50. The van der Waals surface area contributed by atoms with Gasteiger partial charge in [-0.2, -0.15) is 0 Å². The van der Waals surface area contributed by atoms with Gasteiger partial charge in [0, 0.05) is 18.4 Å². The van der Waals surface area contributed by atoms with Gasteiger partial charge in [0.15, 0.2) is 5.82 Å². The minimum atomic E-state index is -1.18. The molecule has 0 aliphatic rings. The van der Waals surface area contributed by atoms with Crippen LogP contribution in [0, 0.1) is 5.82 Å². The number of carboxylic acids is 1. The Morgan fingerprint density at radius 1 is 1.35 bits per heavy atom. The highest BCUT2D eigenvalue weighted by Gasteiger charge is 2.17. The number of anilines is 1. The first-order valence-electron chi connectivity index (χ1n) is 5.88. The highest BCUT2D eigenvalue weighted by Crippen LogP contribution is 2.29. The summed E-state index contributed by atoms with van der Waals surface area (Å²) in [5, 5.41) is 11.9. The van der Waals surface area contributed by atoms with Crippen molar-refractivity contribution in [3.8, 4) is 0 Å². The van der Waals surface area contributed by atoms with E-state index in [9.17, 15) is 9.18 Å². The van der Waals surface area contributed by atoms with E-state index >= 15 is 0 Å². The number of aromatic carboxylic acids is 1. The summed E-state index contributed by atoms with van der Waals surface area (Å²) in [6.07, 6.45) is 3.32. The van der Waals surface area contributed by atoms with Gasteiger partial charge < -0.3 is 10.4 Å². The Hall–Kier alpha value is -1.95. The molecule has 0 saturated carbocycles. The van der Waals surface area contributed by atoms with Crippen molar-refractivity contribution in [2.75, 3.05) is 5.32 Å². The molecule has 0 aliphatic heterocycles. The second kappa shape index (κ2) is 6.00. The lowest BCUT2D eigenvalue weighted by Gasteiger charge is -2.17. The number of hydrogen-bond donors (Lipinski definition) is 2. The van der Waals surface area contributed by atoms with Gasteiger partial charge in [0.1, 0.15) is 0 Å². The Kier molecular flexibility index (Phi) is 4.34. The van der Waals surface area contributed by atoms with Crippen molar-refractivity contribution in [1.29, 1.82) is 0 Å². The van der Waals surface area contributed by atoms with Gasteiger partial charge in [-0.05, 0) is 52.7 Å². The molecule has 0 fully saturated rings. The lowest BCUT2D eigenvalue weighted by Crippen LogP contribution is -2.09. The molecule has 4 nitrogen and oxygen atoms in total. The third-order valence-electron chi connectivity index (χ3n) is 2.89. The average Bonchev–Trinajstić information content (AvgIpc) is 2.44. The zero-order valence-corrected chi connectivity index (χ0v) is 12.2. The zero-order valence-electron chi connectivity index (χ0n) is 10.6. The van der Waals surface area contributed by atoms with Gasteiger partial charge in [0.2, 0.25) is 0 Å². The molecule has 0 bridgehead atoms. The Balaban J connectivity index is 2.27. The largest absolute Gasteiger partial charge is 0.478 e. The molecule has 20 heavy (non-hydrogen) atoms. The molecule has 2 aromatic rings. The first kappa shape index (κ1) is 14.5. The third kappa shape index (κ3) is 2.96. The van der Waals surface area contributed by atoms with Crippen LogP contribution in [0.5, 0.6) is 0 Å². The molecule has 0 radical (unpaired) electrons. The fourth-order valence-corrected chi connectivity index (χ4v) is 2.31. The maximum absolute atomic E-state index is 14.1. The number of carboxylic acid groups (broad SMARTS) is 1. The number of halogens is 2. The van der Waals surface area contributed by atoms with E-state index in [0.29, 0.717) is 0 Å². The number of benzene rings is 1. The van der Waals surface area contributed by atoms with E-state index in [1.165, 1.54) is 12.1 Å². The topological polar surface area (TPSA) is 62.2 Å². The molecule has 0 spiro atoms. The third-order valence-corrected chi connectivity index (χ3v) is 3.67. The lowest BCUT2D eigenvalue weighted by atomic mass is 10.1. The maximum Gasteiger partial charge on any atom is 0.336 e. The summed E-state index contributed by atoms with van der Waals surface area (Å²) in [6.45, 7) is 1.88. The highest BCUT2D eigenvalue weighted by molar-refractivity contribution is 9.10. The van der Waals surface area contributed by atoms with Crippen LogP contribution < -0.4 is 5.32 Å². The van der Waals surface area contributed by atoms with Crippen molar-refractivity contribution in [3.05, 3.63) is 58.1 Å². The predicted molar refractivity (Wildman–Crippen MR) is 77.3 cm³/mol. The van der Waals surface area contributed by atoms with Gasteiger partial charge in [-0.25, -0.2) is 9.18 Å². The van der Waals surface area contributed by atoms with Crippen LogP contribution >= 0.6 is 15.9 Å². The van der Waals surface area contributed by atoms with Crippen LogP contribution in [0.1, 0.15) is 28.9 Å². The van der Waals surface area contributed by atoms with Crippen LogP contribution in [0.2, 0.25) is 0 Å². The molecule has 0 amide bonds. The van der Waals surface area contributed by atoms with Gasteiger partial charge >= 0.3 is 5.97 Å². The second-order valence-corrected chi connectivity index (χ2v) is 5.03. The number of rotatable bonds is 4. The minimum Gasteiger partial charge on any atom is -0.478 e. The fourth-order valence-electron chi connectivity index (χ4n) is 1.79. The summed E-state index contributed by atoms with van der Waals surface area (Å²) in [4.78, 5) is 14.8. The molecule has 1 aromatic heterocycles. The molecule has 1 aromatic carbocycles. The fraction of sp³-hybridized carbons (Fsp3) is 0.143.